The van der Waals surface area contributed by atoms with Crippen LogP contribution in [-0.2, 0) is 19.4 Å². The van der Waals surface area contributed by atoms with Crippen LogP contribution in [-0.4, -0.2) is 48.4 Å². The van der Waals surface area contributed by atoms with Gasteiger partial charge in [0.15, 0.2) is 6.29 Å². The molecule has 2 aliphatic rings. The van der Waals surface area contributed by atoms with Crippen LogP contribution in [0.2, 0.25) is 0 Å². The van der Waals surface area contributed by atoms with Crippen molar-refractivity contribution in [3.05, 3.63) is 0 Å². The molecule has 2 aliphatic heterocycles. The third-order valence-corrected chi connectivity index (χ3v) is 5.39. The molecule has 0 aromatic carbocycles. The smallest absolute Gasteiger partial charge is 0.157 e. The van der Waals surface area contributed by atoms with E-state index in [9.17, 15) is 5.21 Å². The van der Waals surface area contributed by atoms with Gasteiger partial charge in [0.1, 0.15) is 0 Å². The van der Waals surface area contributed by atoms with Crippen LogP contribution >= 0.6 is 0 Å². The summed E-state index contributed by atoms with van der Waals surface area (Å²) in [5.74, 6) is 0. The van der Waals surface area contributed by atoms with E-state index in [-0.39, 0.29) is 23.5 Å². The Hall–Kier alpha value is -0.200. The molecule has 1 unspecified atom stereocenters. The molecule has 5 nitrogen and oxygen atoms in total. The molecule has 2 rings (SSSR count). The van der Waals surface area contributed by atoms with Crippen LogP contribution in [0.15, 0.2) is 0 Å². The molecule has 25 heavy (non-hydrogen) atoms. The van der Waals surface area contributed by atoms with Gasteiger partial charge >= 0.3 is 0 Å². The molecule has 0 saturated carbocycles. The van der Waals surface area contributed by atoms with Crippen molar-refractivity contribution in [2.24, 2.45) is 0 Å². The van der Waals surface area contributed by atoms with Crippen LogP contribution in [0.5, 0.6) is 0 Å². The zero-order valence-electron chi connectivity index (χ0n) is 16.7. The lowest BCUT2D eigenvalue weighted by molar-refractivity contribution is -0.301. The van der Waals surface area contributed by atoms with Crippen molar-refractivity contribution in [2.45, 2.75) is 109 Å². The molecule has 0 N–H and O–H groups in total. The average Bonchev–Trinajstić information content (AvgIpc) is 2.55. The summed E-state index contributed by atoms with van der Waals surface area (Å²) < 4.78 is 17.4. The second kappa shape index (κ2) is 9.65. The van der Waals surface area contributed by atoms with Crippen LogP contribution < -0.4 is 0 Å². The first-order valence-electron chi connectivity index (χ1n) is 10.1. The lowest BCUT2D eigenvalue weighted by Crippen LogP contribution is -2.59. The minimum Gasteiger partial charge on any atom is -0.378 e. The Morgan fingerprint density at radius 3 is 2.08 bits per heavy atom. The number of piperidine rings is 1. The van der Waals surface area contributed by atoms with E-state index >= 15 is 0 Å². The quantitative estimate of drug-likeness (QED) is 0.572. The molecular formula is C20H38NO4. The normalized spacial score (nSPS) is 27.5. The monoisotopic (exact) mass is 356 g/mol. The minimum absolute atomic E-state index is 0.0377. The number of unbranched alkanes of at least 4 members (excludes halogenated alkanes) is 3. The van der Waals surface area contributed by atoms with Gasteiger partial charge in [-0.1, -0.05) is 12.8 Å². The van der Waals surface area contributed by atoms with Crippen LogP contribution in [0.25, 0.3) is 0 Å². The Morgan fingerprint density at radius 1 is 0.920 bits per heavy atom. The third kappa shape index (κ3) is 6.79. The summed E-state index contributed by atoms with van der Waals surface area (Å²) in [4.78, 5) is 0. The molecule has 1 radical (unpaired) electrons. The van der Waals surface area contributed by atoms with Gasteiger partial charge in [-0.15, -0.1) is 10.3 Å². The van der Waals surface area contributed by atoms with E-state index in [0.717, 1.165) is 51.9 Å². The Kier molecular flexibility index (Phi) is 8.15. The third-order valence-electron chi connectivity index (χ3n) is 5.39. The number of hydrogen-bond donors (Lipinski definition) is 0. The molecule has 0 aromatic rings. The van der Waals surface area contributed by atoms with Crippen molar-refractivity contribution >= 4 is 0 Å². The largest absolute Gasteiger partial charge is 0.378 e. The van der Waals surface area contributed by atoms with E-state index in [2.05, 4.69) is 0 Å². The maximum Gasteiger partial charge on any atom is 0.157 e. The number of rotatable bonds is 9. The van der Waals surface area contributed by atoms with Gasteiger partial charge < -0.3 is 14.2 Å². The lowest BCUT2D eigenvalue weighted by Gasteiger charge is -2.49. The van der Waals surface area contributed by atoms with Crippen molar-refractivity contribution in [2.75, 3.05) is 19.8 Å². The maximum atomic E-state index is 12.3. The lowest BCUT2D eigenvalue weighted by atomic mass is 9.80. The van der Waals surface area contributed by atoms with Crippen molar-refractivity contribution < 1.29 is 19.4 Å². The summed E-state index contributed by atoms with van der Waals surface area (Å²) in [6, 6.07) is 0. The van der Waals surface area contributed by atoms with Gasteiger partial charge in [0.05, 0.1) is 6.10 Å². The predicted molar refractivity (Wildman–Crippen MR) is 97.7 cm³/mol. The highest BCUT2D eigenvalue weighted by Crippen LogP contribution is 2.38. The summed E-state index contributed by atoms with van der Waals surface area (Å²) in [7, 11) is 0. The predicted octanol–water partition coefficient (Wildman–Crippen LogP) is 4.47. The second-order valence-electron chi connectivity index (χ2n) is 8.90. The van der Waals surface area contributed by atoms with Crippen molar-refractivity contribution in [3.8, 4) is 0 Å². The van der Waals surface area contributed by atoms with Gasteiger partial charge in [-0.05, 0) is 72.6 Å². The minimum atomic E-state index is -0.342. The molecule has 0 spiro atoms. The van der Waals surface area contributed by atoms with E-state index in [1.54, 1.807) is 0 Å². The van der Waals surface area contributed by atoms with Gasteiger partial charge in [-0.25, -0.2) is 0 Å². The molecular weight excluding hydrogens is 318 g/mol. The number of ether oxygens (including phenoxy) is 3. The number of hydrogen-bond acceptors (Lipinski definition) is 4. The number of hydroxylamine groups is 2. The Morgan fingerprint density at radius 2 is 1.52 bits per heavy atom. The van der Waals surface area contributed by atoms with Crippen LogP contribution in [0.4, 0.5) is 0 Å². The summed E-state index contributed by atoms with van der Waals surface area (Å²) >= 11 is 0. The molecule has 1 atom stereocenters. The average molecular weight is 357 g/mol. The standard InChI is InChI=1S/C20H38NO4/c1-19(2)15-17(16-20(3,4)21(19)22)23-12-8-5-6-9-13-24-18-11-7-10-14-25-18/h17-18H,5-16H2,1-4H3. The highest BCUT2D eigenvalue weighted by molar-refractivity contribution is 4.96. The molecule has 2 saturated heterocycles. The van der Waals surface area contributed by atoms with E-state index in [0.29, 0.717) is 0 Å². The van der Waals surface area contributed by atoms with E-state index in [1.165, 1.54) is 30.7 Å². The first-order valence-corrected chi connectivity index (χ1v) is 10.1. The van der Waals surface area contributed by atoms with Crippen molar-refractivity contribution in [3.63, 3.8) is 0 Å². The maximum absolute atomic E-state index is 12.3. The molecule has 2 fully saturated rings. The molecule has 2 heterocycles. The molecule has 0 bridgehead atoms. The van der Waals surface area contributed by atoms with Gasteiger partial charge in [0, 0.05) is 30.9 Å². The van der Waals surface area contributed by atoms with Gasteiger partial charge in [-0.3, -0.25) is 0 Å². The van der Waals surface area contributed by atoms with Crippen molar-refractivity contribution in [1.29, 1.82) is 0 Å². The summed E-state index contributed by atoms with van der Waals surface area (Å²) in [6.07, 6.45) is 9.81. The summed E-state index contributed by atoms with van der Waals surface area (Å²) in [5.41, 5.74) is -0.685. The van der Waals surface area contributed by atoms with Crippen LogP contribution in [0.1, 0.15) is 85.5 Å². The fourth-order valence-corrected chi connectivity index (χ4v) is 4.15. The molecule has 5 heteroatoms. The van der Waals surface area contributed by atoms with Gasteiger partial charge in [-0.2, -0.15) is 0 Å². The van der Waals surface area contributed by atoms with Crippen molar-refractivity contribution in [1.82, 2.24) is 5.06 Å². The van der Waals surface area contributed by atoms with Crippen LogP contribution in [0, 0.1) is 0 Å². The molecule has 0 amide bonds. The Balaban J connectivity index is 1.50. The van der Waals surface area contributed by atoms with Gasteiger partial charge in [0.25, 0.3) is 0 Å². The first-order chi connectivity index (χ1) is 11.8. The molecule has 0 aliphatic carbocycles. The fourth-order valence-electron chi connectivity index (χ4n) is 4.15. The van der Waals surface area contributed by atoms with E-state index < -0.39 is 0 Å². The summed E-state index contributed by atoms with van der Waals surface area (Å²) in [5, 5.41) is 13.6. The zero-order chi connectivity index (χ0) is 18.3. The summed E-state index contributed by atoms with van der Waals surface area (Å²) in [6.45, 7) is 10.5. The second-order valence-corrected chi connectivity index (χ2v) is 8.90. The molecule has 0 aromatic heterocycles. The zero-order valence-corrected chi connectivity index (χ0v) is 16.7. The van der Waals surface area contributed by atoms with Gasteiger partial charge in [0.2, 0.25) is 0 Å². The highest BCUT2D eigenvalue weighted by Gasteiger charge is 2.46. The van der Waals surface area contributed by atoms with Crippen LogP contribution in [0.3, 0.4) is 0 Å². The van der Waals surface area contributed by atoms with E-state index in [4.69, 9.17) is 14.2 Å². The molecule has 147 valence electrons. The topological polar surface area (TPSA) is 50.8 Å². The fraction of sp³-hybridized carbons (Fsp3) is 1.00. The Bertz CT molecular complexity index is 362. The highest BCUT2D eigenvalue weighted by atomic mass is 16.7. The number of nitrogens with zero attached hydrogens (tertiary/aromatic N) is 1. The Labute approximate surface area is 154 Å². The first kappa shape index (κ1) is 21.1. The van der Waals surface area contributed by atoms with E-state index in [1.807, 2.05) is 27.7 Å². The SMILES string of the molecule is CC1(C)CC(OCCCCCCOC2CCCCO2)CC(C)(C)N1[O].